The standard InChI is InChI=1S/C20H28N2O6/c1-19(2,3)27-17(24)21-28-16(23)20(4)11-8-12-22(14-20)18(25)26-13-15-9-6-5-7-10-15/h5-7,9-10H,8,11-14H2,1-4H3,(H,21,24). The van der Waals surface area contributed by atoms with Crippen LogP contribution in [0.15, 0.2) is 30.3 Å². The summed E-state index contributed by atoms with van der Waals surface area (Å²) in [7, 11) is 0. The molecule has 1 heterocycles. The fourth-order valence-electron chi connectivity index (χ4n) is 2.88. The molecular formula is C20H28N2O6. The number of hydrogen-bond acceptors (Lipinski definition) is 6. The van der Waals surface area contributed by atoms with Crippen molar-refractivity contribution in [2.75, 3.05) is 13.1 Å². The van der Waals surface area contributed by atoms with E-state index in [1.807, 2.05) is 35.8 Å². The second kappa shape index (κ2) is 8.95. The van der Waals surface area contributed by atoms with Crippen LogP contribution in [0.2, 0.25) is 0 Å². The number of piperidine rings is 1. The molecule has 0 radical (unpaired) electrons. The fraction of sp³-hybridized carbons (Fsp3) is 0.550. The third-order valence-corrected chi connectivity index (χ3v) is 4.28. The summed E-state index contributed by atoms with van der Waals surface area (Å²) in [6.07, 6.45) is -0.176. The third kappa shape index (κ3) is 6.44. The van der Waals surface area contributed by atoms with Gasteiger partial charge in [-0.15, -0.1) is 5.48 Å². The van der Waals surface area contributed by atoms with Gasteiger partial charge in [-0.2, -0.15) is 0 Å². The van der Waals surface area contributed by atoms with Crippen LogP contribution in [-0.4, -0.2) is 41.7 Å². The van der Waals surface area contributed by atoms with Crippen LogP contribution >= 0.6 is 0 Å². The predicted octanol–water partition coefficient (Wildman–Crippen LogP) is 3.41. The lowest BCUT2D eigenvalue weighted by molar-refractivity contribution is -0.164. The van der Waals surface area contributed by atoms with Crippen LogP contribution in [0.4, 0.5) is 9.59 Å². The summed E-state index contributed by atoms with van der Waals surface area (Å²) in [6.45, 7) is 7.62. The Morgan fingerprint density at radius 3 is 2.50 bits per heavy atom. The zero-order chi connectivity index (χ0) is 20.8. The quantitative estimate of drug-likeness (QED) is 0.626. The Labute approximate surface area is 165 Å². The number of amides is 2. The Kier molecular flexibility index (Phi) is 6.88. The van der Waals surface area contributed by atoms with Crippen molar-refractivity contribution < 1.29 is 28.7 Å². The molecule has 0 bridgehead atoms. The average molecular weight is 392 g/mol. The first kappa shape index (κ1) is 21.5. The SMILES string of the molecule is CC(C)(C)OC(=O)NOC(=O)C1(C)CCCN(C(=O)OCc2ccccc2)C1. The molecule has 154 valence electrons. The largest absolute Gasteiger partial charge is 0.445 e. The molecule has 2 rings (SSSR count). The van der Waals surface area contributed by atoms with Crippen molar-refractivity contribution in [2.24, 2.45) is 5.41 Å². The number of carbonyl (C=O) groups excluding carboxylic acids is 3. The Hall–Kier alpha value is -2.77. The maximum Gasteiger partial charge on any atom is 0.441 e. The van der Waals surface area contributed by atoms with E-state index in [9.17, 15) is 14.4 Å². The minimum Gasteiger partial charge on any atom is -0.445 e. The molecule has 2 amide bonds. The van der Waals surface area contributed by atoms with E-state index in [4.69, 9.17) is 14.3 Å². The molecule has 8 heteroatoms. The Bertz CT molecular complexity index is 700. The summed E-state index contributed by atoms with van der Waals surface area (Å²) in [4.78, 5) is 42.9. The van der Waals surface area contributed by atoms with Crippen LogP contribution < -0.4 is 5.48 Å². The van der Waals surface area contributed by atoms with Gasteiger partial charge in [0.05, 0.1) is 5.41 Å². The number of ether oxygens (including phenoxy) is 2. The zero-order valence-corrected chi connectivity index (χ0v) is 16.8. The molecule has 1 aromatic rings. The smallest absolute Gasteiger partial charge is 0.441 e. The van der Waals surface area contributed by atoms with Crippen LogP contribution in [0.1, 0.15) is 46.1 Å². The maximum atomic E-state index is 12.5. The van der Waals surface area contributed by atoms with Crippen molar-refractivity contribution >= 4 is 18.2 Å². The first-order valence-electron chi connectivity index (χ1n) is 9.25. The van der Waals surface area contributed by atoms with Gasteiger partial charge >= 0.3 is 18.2 Å². The van der Waals surface area contributed by atoms with Crippen LogP contribution in [0.5, 0.6) is 0 Å². The summed E-state index contributed by atoms with van der Waals surface area (Å²) in [6, 6.07) is 9.36. The second-order valence-electron chi connectivity index (χ2n) is 8.12. The van der Waals surface area contributed by atoms with Gasteiger partial charge in [0, 0.05) is 13.1 Å². The highest BCUT2D eigenvalue weighted by atomic mass is 16.7. The first-order chi connectivity index (χ1) is 13.1. The highest BCUT2D eigenvalue weighted by molar-refractivity contribution is 5.79. The lowest BCUT2D eigenvalue weighted by Gasteiger charge is -2.37. The Morgan fingerprint density at radius 2 is 1.86 bits per heavy atom. The Morgan fingerprint density at radius 1 is 1.18 bits per heavy atom. The van der Waals surface area contributed by atoms with E-state index in [0.717, 1.165) is 5.56 Å². The molecule has 0 spiro atoms. The molecule has 0 saturated carbocycles. The van der Waals surface area contributed by atoms with Crippen LogP contribution in [0.25, 0.3) is 0 Å². The molecule has 1 saturated heterocycles. The van der Waals surface area contributed by atoms with Gasteiger partial charge in [-0.3, -0.25) is 0 Å². The third-order valence-electron chi connectivity index (χ3n) is 4.28. The molecular weight excluding hydrogens is 364 g/mol. The highest BCUT2D eigenvalue weighted by Crippen LogP contribution is 2.31. The topological polar surface area (TPSA) is 94.2 Å². The molecule has 0 aromatic heterocycles. The molecule has 28 heavy (non-hydrogen) atoms. The summed E-state index contributed by atoms with van der Waals surface area (Å²) in [5.41, 5.74) is 1.24. The van der Waals surface area contributed by atoms with Crippen molar-refractivity contribution in [1.82, 2.24) is 10.4 Å². The average Bonchev–Trinajstić information content (AvgIpc) is 2.63. The molecule has 1 aliphatic rings. The number of rotatable bonds is 3. The number of benzene rings is 1. The van der Waals surface area contributed by atoms with Gasteiger partial charge < -0.3 is 19.2 Å². The number of nitrogens with one attached hydrogen (secondary N) is 1. The molecule has 1 fully saturated rings. The van der Waals surface area contributed by atoms with Crippen molar-refractivity contribution in [3.05, 3.63) is 35.9 Å². The highest BCUT2D eigenvalue weighted by Gasteiger charge is 2.42. The van der Waals surface area contributed by atoms with E-state index < -0.39 is 29.2 Å². The van der Waals surface area contributed by atoms with Gasteiger partial charge in [0.1, 0.15) is 12.2 Å². The van der Waals surface area contributed by atoms with Gasteiger partial charge in [-0.25, -0.2) is 14.4 Å². The lowest BCUT2D eigenvalue weighted by atomic mass is 9.82. The molecule has 1 unspecified atom stereocenters. The van der Waals surface area contributed by atoms with Gasteiger partial charge in [0.25, 0.3) is 0 Å². The molecule has 8 nitrogen and oxygen atoms in total. The van der Waals surface area contributed by atoms with Gasteiger partial charge in [-0.1, -0.05) is 30.3 Å². The summed E-state index contributed by atoms with van der Waals surface area (Å²) < 4.78 is 10.4. The molecule has 1 atom stereocenters. The maximum absolute atomic E-state index is 12.5. The number of carbonyl (C=O) groups is 3. The van der Waals surface area contributed by atoms with Crippen LogP contribution in [0.3, 0.4) is 0 Å². The molecule has 0 aliphatic carbocycles. The summed E-state index contributed by atoms with van der Waals surface area (Å²) in [5.74, 6) is -0.626. The van der Waals surface area contributed by atoms with Crippen LogP contribution in [0, 0.1) is 5.41 Å². The predicted molar refractivity (Wildman–Crippen MR) is 101 cm³/mol. The normalized spacial score (nSPS) is 19.5. The van der Waals surface area contributed by atoms with Crippen LogP contribution in [-0.2, 0) is 25.7 Å². The molecule has 1 N–H and O–H groups in total. The number of hydroxylamine groups is 1. The zero-order valence-electron chi connectivity index (χ0n) is 16.8. The monoisotopic (exact) mass is 392 g/mol. The van der Waals surface area contributed by atoms with Crippen molar-refractivity contribution in [2.45, 2.75) is 52.7 Å². The van der Waals surface area contributed by atoms with E-state index in [1.165, 1.54) is 4.90 Å². The molecule has 1 aliphatic heterocycles. The number of likely N-dealkylation sites (tertiary alicyclic amines) is 1. The van der Waals surface area contributed by atoms with E-state index in [1.54, 1.807) is 27.7 Å². The minimum absolute atomic E-state index is 0.148. The molecule has 1 aromatic carbocycles. The number of hydrogen-bond donors (Lipinski definition) is 1. The van der Waals surface area contributed by atoms with Crippen molar-refractivity contribution in [3.8, 4) is 0 Å². The van der Waals surface area contributed by atoms with Crippen molar-refractivity contribution in [3.63, 3.8) is 0 Å². The minimum atomic E-state index is -0.945. The lowest BCUT2D eigenvalue weighted by Crippen LogP contribution is -2.50. The van der Waals surface area contributed by atoms with Gasteiger partial charge in [-0.05, 0) is 46.1 Å². The van der Waals surface area contributed by atoms with E-state index in [-0.39, 0.29) is 13.2 Å². The van der Waals surface area contributed by atoms with Gasteiger partial charge in [0.15, 0.2) is 0 Å². The fourth-order valence-corrected chi connectivity index (χ4v) is 2.88. The summed E-state index contributed by atoms with van der Waals surface area (Å²) in [5, 5.41) is 0. The van der Waals surface area contributed by atoms with Crippen molar-refractivity contribution in [1.29, 1.82) is 0 Å². The van der Waals surface area contributed by atoms with E-state index >= 15 is 0 Å². The summed E-state index contributed by atoms with van der Waals surface area (Å²) >= 11 is 0. The number of nitrogens with zero attached hydrogens (tertiary/aromatic N) is 1. The van der Waals surface area contributed by atoms with E-state index in [2.05, 4.69) is 0 Å². The van der Waals surface area contributed by atoms with Gasteiger partial charge in [0.2, 0.25) is 0 Å². The van der Waals surface area contributed by atoms with E-state index in [0.29, 0.717) is 19.4 Å². The first-order valence-corrected chi connectivity index (χ1v) is 9.25. The second-order valence-corrected chi connectivity index (χ2v) is 8.12. The Balaban J connectivity index is 1.86.